The second-order valence-electron chi connectivity index (χ2n) is 16.0. The molecule has 0 rings (SSSR count). The summed E-state index contributed by atoms with van der Waals surface area (Å²) in [5, 5.41) is 0. The highest BCUT2D eigenvalue weighted by Gasteiger charge is 2.19. The SMILES string of the molecule is CCCCCCC/C=C\CCCCCCCC(=O)OCC(COC(=O)CCCCCCCCCCCCC)OC(=O)CCCCCCCCCCCCC. The minimum atomic E-state index is -0.764. The van der Waals surface area contributed by atoms with E-state index in [0.717, 1.165) is 64.2 Å². The van der Waals surface area contributed by atoms with E-state index in [0.29, 0.717) is 19.3 Å². The Hall–Kier alpha value is -1.85. The predicted molar refractivity (Wildman–Crippen MR) is 229 cm³/mol. The van der Waals surface area contributed by atoms with Gasteiger partial charge >= 0.3 is 17.9 Å². The fourth-order valence-electron chi connectivity index (χ4n) is 6.91. The summed E-state index contributed by atoms with van der Waals surface area (Å²) in [6, 6.07) is 0. The van der Waals surface area contributed by atoms with Crippen LogP contribution in [0.4, 0.5) is 0 Å². The maximum atomic E-state index is 12.7. The Morgan fingerprint density at radius 2 is 0.611 bits per heavy atom. The molecule has 0 saturated carbocycles. The number of unbranched alkanes of at least 4 members (excludes halogenated alkanes) is 30. The molecule has 318 valence electrons. The van der Waals surface area contributed by atoms with Gasteiger partial charge in [0, 0.05) is 19.3 Å². The van der Waals surface area contributed by atoms with Crippen molar-refractivity contribution in [1.82, 2.24) is 0 Å². The van der Waals surface area contributed by atoms with E-state index in [-0.39, 0.29) is 31.1 Å². The predicted octanol–water partition coefficient (Wildman–Crippen LogP) is 15.0. The summed E-state index contributed by atoms with van der Waals surface area (Å²) >= 11 is 0. The average molecular weight is 763 g/mol. The van der Waals surface area contributed by atoms with Gasteiger partial charge < -0.3 is 14.2 Å². The van der Waals surface area contributed by atoms with Gasteiger partial charge in [-0.3, -0.25) is 14.4 Å². The minimum absolute atomic E-state index is 0.0680. The van der Waals surface area contributed by atoms with Crippen molar-refractivity contribution < 1.29 is 28.6 Å². The third-order valence-electron chi connectivity index (χ3n) is 10.5. The smallest absolute Gasteiger partial charge is 0.306 e. The molecule has 0 amide bonds. The first-order valence-electron chi connectivity index (χ1n) is 23.7. The van der Waals surface area contributed by atoms with E-state index >= 15 is 0 Å². The molecule has 6 nitrogen and oxygen atoms in total. The van der Waals surface area contributed by atoms with Crippen molar-refractivity contribution in [2.45, 2.75) is 264 Å². The molecule has 0 aromatic heterocycles. The van der Waals surface area contributed by atoms with Crippen LogP contribution in [0.15, 0.2) is 12.2 Å². The van der Waals surface area contributed by atoms with Crippen molar-refractivity contribution >= 4 is 17.9 Å². The van der Waals surface area contributed by atoms with Crippen LogP contribution in [0, 0.1) is 0 Å². The van der Waals surface area contributed by atoms with Crippen LogP contribution in [0.5, 0.6) is 0 Å². The van der Waals surface area contributed by atoms with E-state index < -0.39 is 6.10 Å². The van der Waals surface area contributed by atoms with Gasteiger partial charge in [0.25, 0.3) is 0 Å². The van der Waals surface area contributed by atoms with Gasteiger partial charge in [0.15, 0.2) is 6.10 Å². The number of allylic oxidation sites excluding steroid dienone is 2. The topological polar surface area (TPSA) is 78.9 Å². The van der Waals surface area contributed by atoms with Crippen LogP contribution in [-0.4, -0.2) is 37.2 Å². The van der Waals surface area contributed by atoms with Crippen molar-refractivity contribution in [3.63, 3.8) is 0 Å². The Kier molecular flexibility index (Phi) is 42.4. The molecule has 54 heavy (non-hydrogen) atoms. The first-order valence-corrected chi connectivity index (χ1v) is 23.7. The average Bonchev–Trinajstić information content (AvgIpc) is 3.17. The van der Waals surface area contributed by atoms with Crippen LogP contribution in [0.2, 0.25) is 0 Å². The number of hydrogen-bond donors (Lipinski definition) is 0. The summed E-state index contributed by atoms with van der Waals surface area (Å²) in [5.41, 5.74) is 0. The van der Waals surface area contributed by atoms with Crippen LogP contribution in [0.25, 0.3) is 0 Å². The molecule has 0 aromatic rings. The molecule has 0 spiro atoms. The van der Waals surface area contributed by atoms with Crippen molar-refractivity contribution in [2.75, 3.05) is 13.2 Å². The lowest BCUT2D eigenvalue weighted by atomic mass is 10.1. The largest absolute Gasteiger partial charge is 0.462 e. The van der Waals surface area contributed by atoms with Crippen LogP contribution >= 0.6 is 0 Å². The number of hydrogen-bond acceptors (Lipinski definition) is 6. The lowest BCUT2D eigenvalue weighted by Gasteiger charge is -2.18. The number of carbonyl (C=O) groups excluding carboxylic acids is 3. The van der Waals surface area contributed by atoms with Crippen molar-refractivity contribution in [1.29, 1.82) is 0 Å². The van der Waals surface area contributed by atoms with Gasteiger partial charge in [0.1, 0.15) is 13.2 Å². The molecule has 0 aliphatic heterocycles. The second kappa shape index (κ2) is 43.9. The zero-order chi connectivity index (χ0) is 39.4. The number of rotatable bonds is 43. The molecule has 0 aliphatic carbocycles. The van der Waals surface area contributed by atoms with E-state index in [1.807, 2.05) is 0 Å². The third kappa shape index (κ3) is 41.3. The minimum Gasteiger partial charge on any atom is -0.462 e. The highest BCUT2D eigenvalue weighted by atomic mass is 16.6. The highest BCUT2D eigenvalue weighted by molar-refractivity contribution is 5.71. The van der Waals surface area contributed by atoms with Gasteiger partial charge in [-0.1, -0.05) is 206 Å². The van der Waals surface area contributed by atoms with Crippen LogP contribution < -0.4 is 0 Å². The van der Waals surface area contributed by atoms with E-state index in [2.05, 4.69) is 32.9 Å². The van der Waals surface area contributed by atoms with Crippen molar-refractivity contribution in [3.8, 4) is 0 Å². The fraction of sp³-hybridized carbons (Fsp3) is 0.896. The van der Waals surface area contributed by atoms with E-state index in [1.54, 1.807) is 0 Å². The zero-order valence-electron chi connectivity index (χ0n) is 36.3. The molecular weight excluding hydrogens is 673 g/mol. The summed E-state index contributed by atoms with van der Waals surface area (Å²) < 4.78 is 16.7. The molecule has 0 aliphatic rings. The first kappa shape index (κ1) is 52.2. The van der Waals surface area contributed by atoms with Gasteiger partial charge in [-0.15, -0.1) is 0 Å². The molecule has 1 atom stereocenters. The molecule has 0 fully saturated rings. The van der Waals surface area contributed by atoms with Crippen molar-refractivity contribution in [3.05, 3.63) is 12.2 Å². The van der Waals surface area contributed by atoms with Crippen LogP contribution in [0.1, 0.15) is 258 Å². The Balaban J connectivity index is 4.34. The van der Waals surface area contributed by atoms with Crippen LogP contribution in [0.3, 0.4) is 0 Å². The summed E-state index contributed by atoms with van der Waals surface area (Å²) in [5.74, 6) is -0.868. The highest BCUT2D eigenvalue weighted by Crippen LogP contribution is 2.15. The molecule has 0 heterocycles. The van der Waals surface area contributed by atoms with Gasteiger partial charge in [-0.2, -0.15) is 0 Å². The van der Waals surface area contributed by atoms with E-state index in [4.69, 9.17) is 14.2 Å². The third-order valence-corrected chi connectivity index (χ3v) is 10.5. The molecule has 0 radical (unpaired) electrons. The molecule has 6 heteroatoms. The molecule has 0 saturated heterocycles. The second-order valence-corrected chi connectivity index (χ2v) is 16.0. The van der Waals surface area contributed by atoms with E-state index in [1.165, 1.54) is 154 Å². The lowest BCUT2D eigenvalue weighted by molar-refractivity contribution is -0.167. The Morgan fingerprint density at radius 1 is 0.352 bits per heavy atom. The van der Waals surface area contributed by atoms with Crippen LogP contribution in [-0.2, 0) is 28.6 Å². The van der Waals surface area contributed by atoms with Crippen molar-refractivity contribution in [2.24, 2.45) is 0 Å². The molecule has 1 unspecified atom stereocenters. The Morgan fingerprint density at radius 3 is 0.926 bits per heavy atom. The molecule has 0 N–H and O–H groups in total. The summed E-state index contributed by atoms with van der Waals surface area (Å²) in [6.45, 7) is 6.62. The van der Waals surface area contributed by atoms with Gasteiger partial charge in [0.05, 0.1) is 0 Å². The number of carbonyl (C=O) groups is 3. The Bertz CT molecular complexity index is 839. The first-order chi connectivity index (χ1) is 26.5. The molecule has 0 aromatic carbocycles. The van der Waals surface area contributed by atoms with Gasteiger partial charge in [-0.05, 0) is 44.9 Å². The normalized spacial score (nSPS) is 12.0. The number of esters is 3. The maximum Gasteiger partial charge on any atom is 0.306 e. The van der Waals surface area contributed by atoms with E-state index in [9.17, 15) is 14.4 Å². The molecule has 0 bridgehead atoms. The summed E-state index contributed by atoms with van der Waals surface area (Å²) in [6.07, 6.45) is 46.1. The van der Waals surface area contributed by atoms with Gasteiger partial charge in [0.2, 0.25) is 0 Å². The summed E-state index contributed by atoms with van der Waals surface area (Å²) in [4.78, 5) is 37.7. The molecular formula is C48H90O6. The zero-order valence-corrected chi connectivity index (χ0v) is 36.3. The fourth-order valence-corrected chi connectivity index (χ4v) is 6.91. The standard InChI is InChI=1S/C48H90O6/c1-4-7-10-13-16-19-22-23-24-27-29-32-35-38-41-47(50)53-44-45(54-48(51)42-39-36-33-30-26-21-18-15-12-9-6-3)43-52-46(49)40-37-34-31-28-25-20-17-14-11-8-5-2/h22-23,45H,4-21,24-44H2,1-3H3/b23-22-. The lowest BCUT2D eigenvalue weighted by Crippen LogP contribution is -2.30. The summed E-state index contributed by atoms with van der Waals surface area (Å²) in [7, 11) is 0. The monoisotopic (exact) mass is 763 g/mol. The number of ether oxygens (including phenoxy) is 3. The quantitative estimate of drug-likeness (QED) is 0.0266. The maximum absolute atomic E-state index is 12.7. The Labute approximate surface area is 335 Å². The van der Waals surface area contributed by atoms with Gasteiger partial charge in [-0.25, -0.2) is 0 Å².